The molecule has 30 heavy (non-hydrogen) atoms. The molecule has 154 valence electrons. The van der Waals surface area contributed by atoms with Crippen molar-refractivity contribution < 1.29 is 9.53 Å². The third-order valence-electron chi connectivity index (χ3n) is 4.03. The molecule has 0 unspecified atom stereocenters. The molecule has 8 heteroatoms. The second-order valence-corrected chi connectivity index (χ2v) is 8.84. The van der Waals surface area contributed by atoms with E-state index < -0.39 is 0 Å². The highest BCUT2D eigenvalue weighted by Gasteiger charge is 2.10. The lowest BCUT2D eigenvalue weighted by atomic mass is 10.1. The molecule has 0 bridgehead atoms. The minimum absolute atomic E-state index is 0.216. The Morgan fingerprint density at radius 2 is 1.70 bits per heavy atom. The Bertz CT molecular complexity index is 1050. The van der Waals surface area contributed by atoms with Crippen LogP contribution in [0.2, 0.25) is 10.0 Å². The van der Waals surface area contributed by atoms with E-state index in [1.54, 1.807) is 30.5 Å². The summed E-state index contributed by atoms with van der Waals surface area (Å²) in [6, 6.07) is 18.3. The highest BCUT2D eigenvalue weighted by atomic mass is 79.9. The van der Waals surface area contributed by atoms with Crippen LogP contribution in [-0.4, -0.2) is 12.1 Å². The largest absolute Gasteiger partial charge is 0.486 e. The maximum atomic E-state index is 12.0. The molecule has 0 spiro atoms. The van der Waals surface area contributed by atoms with Crippen LogP contribution < -0.4 is 10.2 Å². The van der Waals surface area contributed by atoms with Gasteiger partial charge in [-0.1, -0.05) is 53.5 Å². The van der Waals surface area contributed by atoms with Gasteiger partial charge in [0.15, 0.2) is 0 Å². The number of nitrogens with zero attached hydrogens (tertiary/aromatic N) is 1. The summed E-state index contributed by atoms with van der Waals surface area (Å²) in [5, 5.41) is 5.31. The number of carbonyl (C=O) groups excluding carboxylic acids is 1. The topological polar surface area (TPSA) is 50.7 Å². The molecule has 1 amide bonds. The van der Waals surface area contributed by atoms with Crippen LogP contribution in [0.3, 0.4) is 0 Å². The summed E-state index contributed by atoms with van der Waals surface area (Å²) in [4.78, 5) is 12.0. The van der Waals surface area contributed by atoms with E-state index in [2.05, 4.69) is 42.4 Å². The molecule has 1 N–H and O–H groups in total. The van der Waals surface area contributed by atoms with Crippen molar-refractivity contribution in [2.75, 3.05) is 0 Å². The van der Waals surface area contributed by atoms with Crippen LogP contribution in [0, 0.1) is 0 Å². The van der Waals surface area contributed by atoms with Crippen LogP contribution in [-0.2, 0) is 17.8 Å². The van der Waals surface area contributed by atoms with E-state index in [9.17, 15) is 4.79 Å². The fourth-order valence-corrected chi connectivity index (χ4v) is 4.33. The van der Waals surface area contributed by atoms with Gasteiger partial charge in [-0.05, 0) is 73.3 Å². The summed E-state index contributed by atoms with van der Waals surface area (Å²) in [6.07, 6.45) is 1.78. The summed E-state index contributed by atoms with van der Waals surface area (Å²) in [6.45, 7) is 0.338. The highest BCUT2D eigenvalue weighted by Crippen LogP contribution is 2.35. The second kappa shape index (κ2) is 11.0. The van der Waals surface area contributed by atoms with Gasteiger partial charge in [0.05, 0.1) is 21.6 Å². The molecule has 0 fully saturated rings. The van der Waals surface area contributed by atoms with Gasteiger partial charge in [0.25, 0.3) is 0 Å². The van der Waals surface area contributed by atoms with Gasteiger partial charge < -0.3 is 4.74 Å². The number of nitrogens with one attached hydrogen (secondary N) is 1. The Balaban J connectivity index is 1.59. The number of hydrogen-bond donors (Lipinski definition) is 1. The predicted octanol–water partition coefficient (Wildman–Crippen LogP) is 6.79. The summed E-state index contributed by atoms with van der Waals surface area (Å²) in [5.74, 6) is 0.435. The molecule has 3 aromatic carbocycles. The van der Waals surface area contributed by atoms with Crippen LogP contribution in [0.15, 0.2) is 74.7 Å². The molecule has 0 aliphatic carbocycles. The van der Waals surface area contributed by atoms with Gasteiger partial charge in [0, 0.05) is 15.6 Å². The smallest absolute Gasteiger partial charge is 0.244 e. The quantitative estimate of drug-likeness (QED) is 0.251. The van der Waals surface area contributed by atoms with Crippen molar-refractivity contribution in [2.24, 2.45) is 5.10 Å². The Morgan fingerprint density at radius 1 is 1.03 bits per heavy atom. The van der Waals surface area contributed by atoms with Crippen molar-refractivity contribution in [3.05, 3.63) is 96.3 Å². The number of hydrazone groups is 1. The summed E-state index contributed by atoms with van der Waals surface area (Å²) in [5.41, 5.74) is 5.06. The molecular formula is C22H16Br2Cl2N2O2. The zero-order chi connectivity index (χ0) is 21.5. The first-order valence-corrected chi connectivity index (χ1v) is 11.2. The average molecular weight is 571 g/mol. The van der Waals surface area contributed by atoms with Crippen LogP contribution in [0.5, 0.6) is 5.75 Å². The molecule has 0 saturated heterocycles. The lowest BCUT2D eigenvalue weighted by Gasteiger charge is -2.12. The molecule has 3 rings (SSSR count). The predicted molar refractivity (Wildman–Crippen MR) is 129 cm³/mol. The van der Waals surface area contributed by atoms with Crippen LogP contribution in [0.1, 0.15) is 16.7 Å². The van der Waals surface area contributed by atoms with E-state index in [4.69, 9.17) is 27.9 Å². The molecule has 0 heterocycles. The van der Waals surface area contributed by atoms with Gasteiger partial charge in [-0.3, -0.25) is 4.79 Å². The zero-order valence-corrected chi connectivity index (χ0v) is 20.2. The van der Waals surface area contributed by atoms with Gasteiger partial charge in [0.2, 0.25) is 5.91 Å². The van der Waals surface area contributed by atoms with Crippen LogP contribution in [0.25, 0.3) is 0 Å². The zero-order valence-electron chi connectivity index (χ0n) is 15.5. The lowest BCUT2D eigenvalue weighted by Crippen LogP contribution is -2.19. The maximum Gasteiger partial charge on any atom is 0.244 e. The lowest BCUT2D eigenvalue weighted by molar-refractivity contribution is -0.120. The maximum absolute atomic E-state index is 12.0. The highest BCUT2D eigenvalue weighted by molar-refractivity contribution is 9.11. The molecule has 0 aliphatic rings. The van der Waals surface area contributed by atoms with Gasteiger partial charge in [-0.25, -0.2) is 5.43 Å². The Labute approximate surface area is 201 Å². The SMILES string of the molecule is O=C(Cc1ccc(Cl)cc1)N/N=C\c1cc(Br)c(OCc2ccccc2Cl)c(Br)c1. The number of rotatable bonds is 7. The molecule has 0 aromatic heterocycles. The first-order chi connectivity index (χ1) is 14.4. The molecule has 4 nitrogen and oxygen atoms in total. The van der Waals surface area contributed by atoms with E-state index >= 15 is 0 Å². The van der Waals surface area contributed by atoms with Gasteiger partial charge in [-0.2, -0.15) is 5.10 Å². The van der Waals surface area contributed by atoms with Crippen molar-refractivity contribution in [2.45, 2.75) is 13.0 Å². The number of benzene rings is 3. The standard InChI is InChI=1S/C22H16Br2Cl2N2O2/c23-18-9-15(12-27-28-21(29)11-14-5-7-17(25)8-6-14)10-19(24)22(18)30-13-16-3-1-2-4-20(16)26/h1-10,12H,11,13H2,(H,28,29)/b27-12-. The number of carbonyl (C=O) groups is 1. The molecule has 0 atom stereocenters. The minimum atomic E-state index is -0.216. The third-order valence-corrected chi connectivity index (χ3v) is 5.83. The van der Waals surface area contributed by atoms with Crippen molar-refractivity contribution in [3.8, 4) is 5.75 Å². The number of hydrogen-bond acceptors (Lipinski definition) is 3. The Morgan fingerprint density at radius 3 is 2.37 bits per heavy atom. The molecular weight excluding hydrogens is 555 g/mol. The third kappa shape index (κ3) is 6.57. The van der Waals surface area contributed by atoms with Crippen LogP contribution >= 0.6 is 55.1 Å². The first kappa shape index (κ1) is 22.8. The van der Waals surface area contributed by atoms with E-state index in [0.29, 0.717) is 22.4 Å². The summed E-state index contributed by atoms with van der Waals surface area (Å²) >= 11 is 19.0. The summed E-state index contributed by atoms with van der Waals surface area (Å²) < 4.78 is 7.40. The van der Waals surface area contributed by atoms with Crippen molar-refractivity contribution in [1.82, 2.24) is 5.43 Å². The molecule has 3 aromatic rings. The monoisotopic (exact) mass is 568 g/mol. The Hall–Kier alpha value is -1.86. The molecule has 0 aliphatic heterocycles. The normalized spacial score (nSPS) is 10.9. The van der Waals surface area contributed by atoms with Crippen molar-refractivity contribution in [3.63, 3.8) is 0 Å². The summed E-state index contributed by atoms with van der Waals surface area (Å²) in [7, 11) is 0. The minimum Gasteiger partial charge on any atom is -0.486 e. The number of ether oxygens (including phenoxy) is 1. The fourth-order valence-electron chi connectivity index (χ4n) is 2.56. The number of halogens is 4. The molecule has 0 saturated carbocycles. The first-order valence-electron chi connectivity index (χ1n) is 8.84. The van der Waals surface area contributed by atoms with Crippen LogP contribution in [0.4, 0.5) is 0 Å². The fraction of sp³-hybridized carbons (Fsp3) is 0.0909. The van der Waals surface area contributed by atoms with Gasteiger partial charge in [0.1, 0.15) is 12.4 Å². The van der Waals surface area contributed by atoms with Gasteiger partial charge >= 0.3 is 0 Å². The van der Waals surface area contributed by atoms with Crippen molar-refractivity contribution >= 4 is 67.2 Å². The second-order valence-electron chi connectivity index (χ2n) is 6.29. The van der Waals surface area contributed by atoms with E-state index in [0.717, 1.165) is 25.6 Å². The van der Waals surface area contributed by atoms with Gasteiger partial charge in [-0.15, -0.1) is 0 Å². The number of amides is 1. The Kier molecular flexibility index (Phi) is 8.33. The average Bonchev–Trinajstić information content (AvgIpc) is 2.70. The van der Waals surface area contributed by atoms with E-state index in [1.165, 1.54) is 0 Å². The van der Waals surface area contributed by atoms with Crippen molar-refractivity contribution in [1.29, 1.82) is 0 Å². The van der Waals surface area contributed by atoms with E-state index in [1.807, 2.05) is 36.4 Å². The molecule has 0 radical (unpaired) electrons. The van der Waals surface area contributed by atoms with E-state index in [-0.39, 0.29) is 12.3 Å².